The van der Waals surface area contributed by atoms with Crippen molar-refractivity contribution in [3.8, 4) is 11.3 Å². The molecule has 6 rings (SSSR count). The summed E-state index contributed by atoms with van der Waals surface area (Å²) in [7, 11) is 2.19. The highest BCUT2D eigenvalue weighted by Gasteiger charge is 2.28. The normalized spacial score (nSPS) is 21.3. The number of imidazole rings is 1. The Morgan fingerprint density at radius 2 is 1.74 bits per heavy atom. The molecule has 38 heavy (non-hydrogen) atoms. The number of benzene rings is 1. The van der Waals surface area contributed by atoms with Crippen LogP contribution in [-0.2, 0) is 0 Å². The van der Waals surface area contributed by atoms with Gasteiger partial charge in [-0.15, -0.1) is 11.3 Å². The van der Waals surface area contributed by atoms with Gasteiger partial charge in [0.2, 0.25) is 0 Å². The molecular formula is C29H33N7OS. The number of nitrogens with one attached hydrogen (secondary N) is 1. The van der Waals surface area contributed by atoms with Gasteiger partial charge in [0.25, 0.3) is 5.91 Å². The number of amides is 1. The number of thiazole rings is 1. The third-order valence-electron chi connectivity index (χ3n) is 7.76. The van der Waals surface area contributed by atoms with E-state index >= 15 is 0 Å². The maximum absolute atomic E-state index is 12.9. The molecule has 1 aliphatic carbocycles. The molecule has 4 heterocycles. The molecule has 1 aliphatic heterocycles. The van der Waals surface area contributed by atoms with Crippen LogP contribution in [0.25, 0.3) is 28.4 Å². The molecule has 2 fully saturated rings. The Balaban J connectivity index is 1.07. The van der Waals surface area contributed by atoms with Crippen molar-refractivity contribution < 1.29 is 4.79 Å². The molecule has 0 atom stereocenters. The first kappa shape index (κ1) is 24.9. The van der Waals surface area contributed by atoms with E-state index in [1.54, 1.807) is 23.7 Å². The van der Waals surface area contributed by atoms with Gasteiger partial charge in [-0.3, -0.25) is 14.1 Å². The average molecular weight is 528 g/mol. The number of rotatable bonds is 6. The van der Waals surface area contributed by atoms with E-state index in [-0.39, 0.29) is 11.9 Å². The molecule has 1 amide bonds. The van der Waals surface area contributed by atoms with Gasteiger partial charge in [-0.2, -0.15) is 0 Å². The molecule has 3 aromatic heterocycles. The van der Waals surface area contributed by atoms with E-state index in [0.717, 1.165) is 73.8 Å². The molecule has 1 aromatic carbocycles. The van der Waals surface area contributed by atoms with Crippen LogP contribution in [0.2, 0.25) is 0 Å². The highest BCUT2D eigenvalue weighted by molar-refractivity contribution is 7.15. The standard InChI is InChI=1S/C29H33N7OS/c1-34-13-15-35(16-14-34)24-9-7-23(8-10-24)32-28(37)22-19-30-26(31-20-22)12-11-25-27(21-5-3-2-4-6-21)33-29-36(25)17-18-38-29/h2-6,11-12,17-20,23-24H,7-10,13-16H2,1H3,(H,32,37)/b12-11+. The molecule has 8 nitrogen and oxygen atoms in total. The molecule has 0 radical (unpaired) electrons. The van der Waals surface area contributed by atoms with Gasteiger partial charge in [0, 0.05) is 67.8 Å². The van der Waals surface area contributed by atoms with E-state index in [1.165, 1.54) is 0 Å². The van der Waals surface area contributed by atoms with Gasteiger partial charge in [-0.05, 0) is 44.9 Å². The highest BCUT2D eigenvalue weighted by Crippen LogP contribution is 2.28. The maximum atomic E-state index is 12.9. The van der Waals surface area contributed by atoms with E-state index in [1.807, 2.05) is 41.9 Å². The highest BCUT2D eigenvalue weighted by atomic mass is 32.1. The molecule has 1 saturated carbocycles. The van der Waals surface area contributed by atoms with E-state index in [9.17, 15) is 4.79 Å². The summed E-state index contributed by atoms with van der Waals surface area (Å²) in [6, 6.07) is 11.0. The monoisotopic (exact) mass is 527 g/mol. The van der Waals surface area contributed by atoms with Crippen molar-refractivity contribution in [3.63, 3.8) is 0 Å². The summed E-state index contributed by atoms with van der Waals surface area (Å²) < 4.78 is 2.07. The second kappa shape index (κ2) is 11.1. The van der Waals surface area contributed by atoms with Crippen LogP contribution in [0.1, 0.15) is 47.6 Å². The molecule has 1 saturated heterocycles. The molecule has 4 aromatic rings. The number of aromatic nitrogens is 4. The fourth-order valence-corrected chi connectivity index (χ4v) is 6.23. The van der Waals surface area contributed by atoms with Gasteiger partial charge < -0.3 is 10.2 Å². The van der Waals surface area contributed by atoms with Crippen LogP contribution < -0.4 is 5.32 Å². The summed E-state index contributed by atoms with van der Waals surface area (Å²) in [5.41, 5.74) is 3.46. The van der Waals surface area contributed by atoms with Crippen LogP contribution in [0.4, 0.5) is 0 Å². The summed E-state index contributed by atoms with van der Waals surface area (Å²) >= 11 is 1.60. The van der Waals surface area contributed by atoms with E-state index < -0.39 is 0 Å². The van der Waals surface area contributed by atoms with Crippen LogP contribution >= 0.6 is 11.3 Å². The summed E-state index contributed by atoms with van der Waals surface area (Å²) in [6.45, 7) is 4.61. The number of carbonyl (C=O) groups excluding carboxylic acids is 1. The van der Waals surface area contributed by atoms with Gasteiger partial charge in [-0.25, -0.2) is 15.0 Å². The number of piperazine rings is 1. The number of fused-ring (bicyclic) bond motifs is 1. The van der Waals surface area contributed by atoms with Crippen molar-refractivity contribution in [2.75, 3.05) is 33.2 Å². The summed E-state index contributed by atoms with van der Waals surface area (Å²) in [6.07, 6.45) is 13.5. The zero-order chi connectivity index (χ0) is 25.9. The molecule has 0 spiro atoms. The molecule has 2 aliphatic rings. The topological polar surface area (TPSA) is 78.7 Å². The van der Waals surface area contributed by atoms with Crippen molar-refractivity contribution in [3.05, 3.63) is 71.4 Å². The molecule has 9 heteroatoms. The Labute approximate surface area is 227 Å². The zero-order valence-electron chi connectivity index (χ0n) is 21.7. The van der Waals surface area contributed by atoms with Crippen molar-refractivity contribution in [1.29, 1.82) is 0 Å². The number of hydrogen-bond donors (Lipinski definition) is 1. The van der Waals surface area contributed by atoms with E-state index in [4.69, 9.17) is 4.98 Å². The minimum absolute atomic E-state index is 0.0919. The Morgan fingerprint density at radius 1 is 1.00 bits per heavy atom. The summed E-state index contributed by atoms with van der Waals surface area (Å²) in [5.74, 6) is 0.462. The molecular weight excluding hydrogens is 494 g/mol. The number of hydrogen-bond acceptors (Lipinski definition) is 7. The fourth-order valence-electron chi connectivity index (χ4n) is 5.51. The van der Waals surface area contributed by atoms with Gasteiger partial charge in [0.05, 0.1) is 17.0 Å². The third-order valence-corrected chi connectivity index (χ3v) is 8.51. The predicted octanol–water partition coefficient (Wildman–Crippen LogP) is 4.31. The van der Waals surface area contributed by atoms with Crippen molar-refractivity contribution >= 4 is 34.4 Å². The van der Waals surface area contributed by atoms with Gasteiger partial charge in [0.1, 0.15) is 0 Å². The van der Waals surface area contributed by atoms with Crippen LogP contribution in [0, 0.1) is 0 Å². The molecule has 196 valence electrons. The lowest BCUT2D eigenvalue weighted by molar-refractivity contribution is 0.0790. The smallest absolute Gasteiger partial charge is 0.254 e. The molecule has 1 N–H and O–H groups in total. The largest absolute Gasteiger partial charge is 0.349 e. The van der Waals surface area contributed by atoms with Crippen LogP contribution in [-0.4, -0.2) is 80.4 Å². The summed E-state index contributed by atoms with van der Waals surface area (Å²) in [5, 5.41) is 5.23. The van der Waals surface area contributed by atoms with Crippen molar-refractivity contribution in [2.45, 2.75) is 37.8 Å². The van der Waals surface area contributed by atoms with Crippen molar-refractivity contribution in [1.82, 2.24) is 34.5 Å². The Kier molecular flexibility index (Phi) is 7.31. The Morgan fingerprint density at radius 3 is 2.47 bits per heavy atom. The van der Waals surface area contributed by atoms with Gasteiger partial charge in [0.15, 0.2) is 10.8 Å². The minimum Gasteiger partial charge on any atom is -0.349 e. The molecule has 0 bridgehead atoms. The fraction of sp³-hybridized carbons (Fsp3) is 0.379. The molecule has 0 unspecified atom stereocenters. The van der Waals surface area contributed by atoms with Crippen molar-refractivity contribution in [2.24, 2.45) is 0 Å². The lowest BCUT2D eigenvalue weighted by Crippen LogP contribution is -2.51. The van der Waals surface area contributed by atoms with Gasteiger partial charge >= 0.3 is 0 Å². The predicted molar refractivity (Wildman–Crippen MR) is 152 cm³/mol. The lowest BCUT2D eigenvalue weighted by Gasteiger charge is -2.41. The second-order valence-corrected chi connectivity index (χ2v) is 11.1. The Bertz CT molecular complexity index is 1400. The van der Waals surface area contributed by atoms with E-state index in [0.29, 0.717) is 17.4 Å². The van der Waals surface area contributed by atoms with E-state index in [2.05, 4.69) is 48.7 Å². The maximum Gasteiger partial charge on any atom is 0.254 e. The first-order valence-corrected chi connectivity index (χ1v) is 14.3. The minimum atomic E-state index is -0.0919. The lowest BCUT2D eigenvalue weighted by atomic mass is 9.89. The first-order valence-electron chi connectivity index (χ1n) is 13.4. The SMILES string of the molecule is CN1CCN(C2CCC(NC(=O)c3cnc(/C=C/c4c(-c5ccccc5)nc5sccn45)nc3)CC2)CC1. The second-order valence-electron chi connectivity index (χ2n) is 10.2. The van der Waals surface area contributed by atoms with Crippen LogP contribution in [0.15, 0.2) is 54.3 Å². The van der Waals surface area contributed by atoms with Crippen LogP contribution in [0.3, 0.4) is 0 Å². The number of carbonyl (C=O) groups is 1. The number of likely N-dealkylation sites (N-methyl/N-ethyl adjacent to an activating group) is 1. The summed E-state index contributed by atoms with van der Waals surface area (Å²) in [4.78, 5) is 32.5. The average Bonchev–Trinajstić information content (AvgIpc) is 3.56. The first-order chi connectivity index (χ1) is 18.6. The van der Waals surface area contributed by atoms with Gasteiger partial charge in [-0.1, -0.05) is 30.3 Å². The number of nitrogens with zero attached hydrogens (tertiary/aromatic N) is 6. The van der Waals surface area contributed by atoms with Crippen LogP contribution in [0.5, 0.6) is 0 Å². The Hall–Kier alpha value is -3.40. The quantitative estimate of drug-likeness (QED) is 0.403. The third kappa shape index (κ3) is 5.41. The zero-order valence-corrected chi connectivity index (χ0v) is 22.5.